The molecule has 0 aliphatic heterocycles. The highest BCUT2D eigenvalue weighted by atomic mass is 16.5. The number of carbonyl (C=O) groups is 3. The molecular formula is C13H14O5. The van der Waals surface area contributed by atoms with E-state index in [0.717, 1.165) is 0 Å². The predicted molar refractivity (Wildman–Crippen MR) is 63.7 cm³/mol. The van der Waals surface area contributed by atoms with Crippen LogP contribution < -0.4 is 0 Å². The first-order chi connectivity index (χ1) is 8.58. The Morgan fingerprint density at radius 1 is 1.39 bits per heavy atom. The summed E-state index contributed by atoms with van der Waals surface area (Å²) in [4.78, 5) is 32.9. The maximum absolute atomic E-state index is 11.7. The SMILES string of the molecule is CCOC(=O)c1cc(C=O)ccc1CCC(=O)O. The van der Waals surface area contributed by atoms with Crippen LogP contribution in [0.5, 0.6) is 0 Å². The van der Waals surface area contributed by atoms with Crippen molar-refractivity contribution in [3.8, 4) is 0 Å². The molecule has 1 N–H and O–H groups in total. The number of aliphatic carboxylic acids is 1. The van der Waals surface area contributed by atoms with Crippen LogP contribution in [0, 0.1) is 0 Å². The van der Waals surface area contributed by atoms with E-state index < -0.39 is 11.9 Å². The van der Waals surface area contributed by atoms with E-state index in [1.165, 1.54) is 6.07 Å². The zero-order valence-electron chi connectivity index (χ0n) is 10.0. The van der Waals surface area contributed by atoms with Crippen molar-refractivity contribution in [1.82, 2.24) is 0 Å². The van der Waals surface area contributed by atoms with Crippen molar-refractivity contribution in [2.45, 2.75) is 19.8 Å². The van der Waals surface area contributed by atoms with Gasteiger partial charge < -0.3 is 9.84 Å². The molecule has 0 spiro atoms. The number of carbonyl (C=O) groups excluding carboxylic acids is 2. The molecule has 0 aliphatic carbocycles. The Labute approximate surface area is 104 Å². The summed E-state index contributed by atoms with van der Waals surface area (Å²) in [5.41, 5.74) is 1.18. The fourth-order valence-corrected chi connectivity index (χ4v) is 1.53. The van der Waals surface area contributed by atoms with Crippen molar-refractivity contribution in [3.05, 3.63) is 34.9 Å². The molecule has 1 rings (SSSR count). The van der Waals surface area contributed by atoms with E-state index in [4.69, 9.17) is 9.84 Å². The largest absolute Gasteiger partial charge is 0.481 e. The molecule has 1 aromatic carbocycles. The molecule has 0 saturated heterocycles. The number of ether oxygens (including phenoxy) is 1. The van der Waals surface area contributed by atoms with Crippen molar-refractivity contribution in [3.63, 3.8) is 0 Å². The number of aryl methyl sites for hydroxylation is 1. The second-order valence-corrected chi connectivity index (χ2v) is 3.65. The van der Waals surface area contributed by atoms with E-state index in [-0.39, 0.29) is 25.0 Å². The minimum atomic E-state index is -0.940. The Kier molecular flexibility index (Phi) is 5.05. The van der Waals surface area contributed by atoms with Gasteiger partial charge in [-0.15, -0.1) is 0 Å². The van der Waals surface area contributed by atoms with Crippen LogP contribution in [0.4, 0.5) is 0 Å². The summed E-state index contributed by atoms with van der Waals surface area (Å²) in [6.07, 6.45) is 0.777. The molecule has 0 unspecified atom stereocenters. The van der Waals surface area contributed by atoms with Crippen LogP contribution in [0.25, 0.3) is 0 Å². The number of hydrogen-bond donors (Lipinski definition) is 1. The average Bonchev–Trinajstić information content (AvgIpc) is 2.36. The first-order valence-corrected chi connectivity index (χ1v) is 5.55. The Morgan fingerprint density at radius 2 is 2.11 bits per heavy atom. The van der Waals surface area contributed by atoms with Gasteiger partial charge in [0.15, 0.2) is 0 Å². The lowest BCUT2D eigenvalue weighted by Crippen LogP contribution is -2.10. The number of aldehydes is 1. The molecule has 0 heterocycles. The third-order valence-electron chi connectivity index (χ3n) is 2.37. The Bertz CT molecular complexity index is 464. The lowest BCUT2D eigenvalue weighted by atomic mass is 10.0. The number of carboxylic acid groups (broad SMARTS) is 1. The first-order valence-electron chi connectivity index (χ1n) is 5.55. The molecule has 0 aliphatic rings. The molecule has 18 heavy (non-hydrogen) atoms. The summed E-state index contributed by atoms with van der Waals surface area (Å²) in [5, 5.41) is 8.64. The van der Waals surface area contributed by atoms with E-state index in [2.05, 4.69) is 0 Å². The zero-order valence-corrected chi connectivity index (χ0v) is 10.0. The molecule has 0 saturated carbocycles. The summed E-state index contributed by atoms with van der Waals surface area (Å²) >= 11 is 0. The van der Waals surface area contributed by atoms with Crippen molar-refractivity contribution in [2.24, 2.45) is 0 Å². The van der Waals surface area contributed by atoms with E-state index in [0.29, 0.717) is 17.4 Å². The molecule has 0 radical (unpaired) electrons. The van der Waals surface area contributed by atoms with Crippen molar-refractivity contribution in [1.29, 1.82) is 0 Å². The van der Waals surface area contributed by atoms with Gasteiger partial charge in [-0.05, 0) is 25.0 Å². The summed E-state index contributed by atoms with van der Waals surface area (Å²) in [6, 6.07) is 4.55. The standard InChI is InChI=1S/C13H14O5/c1-2-18-13(17)11-7-9(8-14)3-4-10(11)5-6-12(15)16/h3-4,7-8H,2,5-6H2,1H3,(H,15,16). The highest BCUT2D eigenvalue weighted by Gasteiger charge is 2.14. The average molecular weight is 250 g/mol. The van der Waals surface area contributed by atoms with Gasteiger partial charge in [0.2, 0.25) is 0 Å². The lowest BCUT2D eigenvalue weighted by molar-refractivity contribution is -0.136. The highest BCUT2D eigenvalue weighted by molar-refractivity contribution is 5.93. The maximum atomic E-state index is 11.7. The number of carboxylic acids is 1. The second kappa shape index (κ2) is 6.54. The number of hydrogen-bond acceptors (Lipinski definition) is 4. The quantitative estimate of drug-likeness (QED) is 0.613. The molecule has 0 bridgehead atoms. The third-order valence-corrected chi connectivity index (χ3v) is 2.37. The van der Waals surface area contributed by atoms with Crippen molar-refractivity contribution < 1.29 is 24.2 Å². The molecule has 5 nitrogen and oxygen atoms in total. The van der Waals surface area contributed by atoms with Gasteiger partial charge in [0, 0.05) is 12.0 Å². The molecule has 0 atom stereocenters. The number of esters is 1. The van der Waals surface area contributed by atoms with Gasteiger partial charge in [-0.2, -0.15) is 0 Å². The van der Waals surface area contributed by atoms with Gasteiger partial charge in [-0.1, -0.05) is 12.1 Å². The molecule has 0 fully saturated rings. The first kappa shape index (κ1) is 13.9. The van der Waals surface area contributed by atoms with Crippen LogP contribution in [0.3, 0.4) is 0 Å². The van der Waals surface area contributed by atoms with Gasteiger partial charge in [-0.25, -0.2) is 4.79 Å². The molecule has 0 amide bonds. The van der Waals surface area contributed by atoms with Crippen molar-refractivity contribution in [2.75, 3.05) is 6.61 Å². The molecule has 0 aromatic heterocycles. The lowest BCUT2D eigenvalue weighted by Gasteiger charge is -2.08. The summed E-state index contributed by atoms with van der Waals surface area (Å²) in [5.74, 6) is -1.48. The van der Waals surface area contributed by atoms with Gasteiger partial charge in [0.25, 0.3) is 0 Å². The maximum Gasteiger partial charge on any atom is 0.338 e. The van der Waals surface area contributed by atoms with E-state index >= 15 is 0 Å². The van der Waals surface area contributed by atoms with Crippen LogP contribution in [0.1, 0.15) is 39.6 Å². The fraction of sp³-hybridized carbons (Fsp3) is 0.308. The summed E-state index contributed by atoms with van der Waals surface area (Å²) < 4.78 is 4.87. The Morgan fingerprint density at radius 3 is 2.67 bits per heavy atom. The highest BCUT2D eigenvalue weighted by Crippen LogP contribution is 2.15. The second-order valence-electron chi connectivity index (χ2n) is 3.65. The minimum Gasteiger partial charge on any atom is -0.481 e. The molecule has 96 valence electrons. The monoisotopic (exact) mass is 250 g/mol. The minimum absolute atomic E-state index is 0.0765. The fourth-order valence-electron chi connectivity index (χ4n) is 1.53. The third kappa shape index (κ3) is 3.69. The molecule has 5 heteroatoms. The Balaban J connectivity index is 3.03. The topological polar surface area (TPSA) is 80.7 Å². The van der Waals surface area contributed by atoms with Crippen LogP contribution in [-0.2, 0) is 16.0 Å². The zero-order chi connectivity index (χ0) is 13.5. The van der Waals surface area contributed by atoms with E-state index in [1.807, 2.05) is 0 Å². The number of rotatable bonds is 6. The van der Waals surface area contributed by atoms with Crippen LogP contribution in [-0.4, -0.2) is 29.9 Å². The normalized spacial score (nSPS) is 9.83. The van der Waals surface area contributed by atoms with Crippen LogP contribution in [0.2, 0.25) is 0 Å². The number of benzene rings is 1. The van der Waals surface area contributed by atoms with E-state index in [1.54, 1.807) is 19.1 Å². The molecule has 1 aromatic rings. The predicted octanol–water partition coefficient (Wildman–Crippen LogP) is 1.69. The smallest absolute Gasteiger partial charge is 0.338 e. The summed E-state index contributed by atoms with van der Waals surface area (Å²) in [6.45, 7) is 1.90. The Hall–Kier alpha value is -2.17. The summed E-state index contributed by atoms with van der Waals surface area (Å²) in [7, 11) is 0. The molecular weight excluding hydrogens is 236 g/mol. The van der Waals surface area contributed by atoms with Gasteiger partial charge in [-0.3, -0.25) is 9.59 Å². The van der Waals surface area contributed by atoms with E-state index in [9.17, 15) is 14.4 Å². The van der Waals surface area contributed by atoms with Crippen LogP contribution >= 0.6 is 0 Å². The van der Waals surface area contributed by atoms with Gasteiger partial charge in [0.05, 0.1) is 12.2 Å². The van der Waals surface area contributed by atoms with Crippen LogP contribution in [0.15, 0.2) is 18.2 Å². The van der Waals surface area contributed by atoms with Gasteiger partial charge in [0.1, 0.15) is 6.29 Å². The van der Waals surface area contributed by atoms with Gasteiger partial charge >= 0.3 is 11.9 Å². The van der Waals surface area contributed by atoms with Crippen molar-refractivity contribution >= 4 is 18.2 Å².